The molecule has 152 valence electrons. The summed E-state index contributed by atoms with van der Waals surface area (Å²) in [4.78, 5) is 24.8. The largest absolute Gasteiger partial charge is 0.504 e. The number of halogens is 1. The molecule has 0 spiro atoms. The molecule has 0 aliphatic rings. The number of hydrogen-bond donors (Lipinski definition) is 3. The van der Waals surface area contributed by atoms with Crippen molar-refractivity contribution in [1.29, 1.82) is 0 Å². The summed E-state index contributed by atoms with van der Waals surface area (Å²) < 4.78 is 5.08. The molecule has 0 bridgehead atoms. The van der Waals surface area contributed by atoms with Crippen molar-refractivity contribution in [3.63, 3.8) is 0 Å². The van der Waals surface area contributed by atoms with Gasteiger partial charge in [0.15, 0.2) is 11.5 Å². The Bertz CT molecular complexity index is 921. The van der Waals surface area contributed by atoms with Gasteiger partial charge in [0.05, 0.1) is 7.11 Å². The number of phenolic OH excluding ortho intramolecular Hbond substituents is 1. The monoisotopic (exact) mass is 414 g/mol. The number of nitrogens with one attached hydrogen (secondary N) is 2. The topological polar surface area (TPSA) is 87.7 Å². The van der Waals surface area contributed by atoms with Gasteiger partial charge < -0.3 is 20.5 Å². The summed E-state index contributed by atoms with van der Waals surface area (Å²) in [6, 6.07) is 11.6. The van der Waals surface area contributed by atoms with Gasteiger partial charge in [0.2, 0.25) is 5.91 Å². The molecular weight excluding hydrogens is 392 g/mol. The number of methoxy groups -OCH3 is 1. The van der Waals surface area contributed by atoms with E-state index in [-0.39, 0.29) is 17.2 Å². The molecule has 0 aromatic heterocycles. The van der Waals surface area contributed by atoms with E-state index >= 15 is 0 Å². The van der Waals surface area contributed by atoms with E-state index in [2.05, 4.69) is 10.6 Å². The van der Waals surface area contributed by atoms with Crippen LogP contribution in [0.3, 0.4) is 0 Å². The second kappa shape index (κ2) is 10.9. The lowest BCUT2D eigenvalue weighted by Crippen LogP contribution is -2.34. The minimum atomic E-state index is -0.455. The zero-order chi connectivity index (χ0) is 21.2. The number of hydrogen-bond acceptors (Lipinski definition) is 4. The summed E-state index contributed by atoms with van der Waals surface area (Å²) in [6.07, 6.45) is 5.23. The maximum Gasteiger partial charge on any atom is 0.267 e. The third-order valence-corrected chi connectivity index (χ3v) is 4.10. The fraction of sp³-hybridized carbons (Fsp3) is 0.182. The van der Waals surface area contributed by atoms with Gasteiger partial charge in [0.25, 0.3) is 5.91 Å². The molecule has 6 nitrogen and oxygen atoms in total. The van der Waals surface area contributed by atoms with Gasteiger partial charge in [-0.05, 0) is 54.0 Å². The zero-order valence-corrected chi connectivity index (χ0v) is 17.0. The van der Waals surface area contributed by atoms with Gasteiger partial charge in [-0.25, -0.2) is 0 Å². The van der Waals surface area contributed by atoms with Crippen LogP contribution in [0.25, 0.3) is 12.2 Å². The molecular formula is C22H23ClN2O4. The van der Waals surface area contributed by atoms with Crippen LogP contribution in [-0.2, 0) is 9.59 Å². The number of phenols is 1. The van der Waals surface area contributed by atoms with Gasteiger partial charge in [0.1, 0.15) is 5.70 Å². The molecule has 0 unspecified atom stereocenters. The molecule has 0 atom stereocenters. The van der Waals surface area contributed by atoms with Crippen LogP contribution in [0.4, 0.5) is 0 Å². The van der Waals surface area contributed by atoms with E-state index in [0.717, 1.165) is 12.0 Å². The van der Waals surface area contributed by atoms with E-state index < -0.39 is 11.8 Å². The zero-order valence-electron chi connectivity index (χ0n) is 16.2. The van der Waals surface area contributed by atoms with Crippen LogP contribution < -0.4 is 15.4 Å². The fourth-order valence-electron chi connectivity index (χ4n) is 2.36. The molecule has 29 heavy (non-hydrogen) atoms. The molecule has 0 fully saturated rings. The van der Waals surface area contributed by atoms with Gasteiger partial charge in [-0.15, -0.1) is 0 Å². The number of rotatable bonds is 8. The summed E-state index contributed by atoms with van der Waals surface area (Å²) in [6.45, 7) is 2.41. The Kier molecular flexibility index (Phi) is 8.30. The van der Waals surface area contributed by atoms with Crippen molar-refractivity contribution in [1.82, 2.24) is 10.6 Å². The summed E-state index contributed by atoms with van der Waals surface area (Å²) in [5.41, 5.74) is 1.47. The number of carbonyl (C=O) groups is 2. The predicted octanol–water partition coefficient (Wildman–Crippen LogP) is 3.75. The molecule has 0 saturated heterocycles. The third kappa shape index (κ3) is 7.01. The first-order chi connectivity index (χ1) is 13.9. The molecule has 2 rings (SSSR count). The van der Waals surface area contributed by atoms with Crippen LogP contribution in [0.5, 0.6) is 11.5 Å². The Balaban J connectivity index is 2.22. The van der Waals surface area contributed by atoms with E-state index in [4.69, 9.17) is 16.3 Å². The summed E-state index contributed by atoms with van der Waals surface area (Å²) in [5.74, 6) is -0.617. The Morgan fingerprint density at radius 2 is 1.83 bits per heavy atom. The van der Waals surface area contributed by atoms with E-state index in [9.17, 15) is 14.7 Å². The lowest BCUT2D eigenvalue weighted by Gasteiger charge is -2.10. The van der Waals surface area contributed by atoms with E-state index in [0.29, 0.717) is 17.1 Å². The number of aromatic hydroxyl groups is 1. The molecule has 0 aliphatic carbocycles. The van der Waals surface area contributed by atoms with Crippen molar-refractivity contribution < 1.29 is 19.4 Å². The highest BCUT2D eigenvalue weighted by Gasteiger charge is 2.12. The SMILES string of the molecule is CCCNC(=O)/C(=C/c1ccc(O)c(OC)c1)NC(=O)/C=C/c1ccc(Cl)cc1. The van der Waals surface area contributed by atoms with Gasteiger partial charge in [-0.1, -0.05) is 36.7 Å². The maximum absolute atomic E-state index is 12.5. The highest BCUT2D eigenvalue weighted by molar-refractivity contribution is 6.30. The van der Waals surface area contributed by atoms with Gasteiger partial charge in [0, 0.05) is 17.6 Å². The van der Waals surface area contributed by atoms with Crippen molar-refractivity contribution in [2.45, 2.75) is 13.3 Å². The summed E-state index contributed by atoms with van der Waals surface area (Å²) in [7, 11) is 1.43. The first-order valence-electron chi connectivity index (χ1n) is 9.04. The summed E-state index contributed by atoms with van der Waals surface area (Å²) in [5, 5.41) is 15.7. The van der Waals surface area contributed by atoms with Crippen molar-refractivity contribution in [3.8, 4) is 11.5 Å². The van der Waals surface area contributed by atoms with Crippen LogP contribution in [0.2, 0.25) is 5.02 Å². The van der Waals surface area contributed by atoms with Crippen molar-refractivity contribution in [2.24, 2.45) is 0 Å². The Labute approximate surface area is 174 Å². The standard InChI is InChI=1S/C22H23ClN2O4/c1-3-12-24-22(28)18(13-16-6-10-19(26)20(14-16)29-2)25-21(27)11-7-15-4-8-17(23)9-5-15/h4-11,13-14,26H,3,12H2,1-2H3,(H,24,28)(H,25,27)/b11-7+,18-13-. The minimum absolute atomic E-state index is 0.0171. The first kappa shape index (κ1) is 22.0. The minimum Gasteiger partial charge on any atom is -0.504 e. The lowest BCUT2D eigenvalue weighted by atomic mass is 10.1. The fourth-order valence-corrected chi connectivity index (χ4v) is 2.49. The molecule has 2 aromatic carbocycles. The Morgan fingerprint density at radius 1 is 1.14 bits per heavy atom. The Morgan fingerprint density at radius 3 is 2.48 bits per heavy atom. The molecule has 0 saturated carbocycles. The molecule has 0 aliphatic heterocycles. The van der Waals surface area contributed by atoms with Gasteiger partial charge >= 0.3 is 0 Å². The highest BCUT2D eigenvalue weighted by Crippen LogP contribution is 2.27. The van der Waals surface area contributed by atoms with Crippen molar-refractivity contribution >= 4 is 35.6 Å². The van der Waals surface area contributed by atoms with Crippen LogP contribution in [0, 0.1) is 0 Å². The maximum atomic E-state index is 12.5. The smallest absolute Gasteiger partial charge is 0.267 e. The molecule has 2 amide bonds. The summed E-state index contributed by atoms with van der Waals surface area (Å²) >= 11 is 5.85. The van der Waals surface area contributed by atoms with Crippen LogP contribution >= 0.6 is 11.6 Å². The molecule has 3 N–H and O–H groups in total. The number of amides is 2. The second-order valence-electron chi connectivity index (χ2n) is 6.12. The van der Waals surface area contributed by atoms with E-state index in [1.54, 1.807) is 42.5 Å². The van der Waals surface area contributed by atoms with Crippen LogP contribution in [0.1, 0.15) is 24.5 Å². The number of carbonyl (C=O) groups excluding carboxylic acids is 2. The average Bonchev–Trinajstić information content (AvgIpc) is 2.72. The molecule has 0 heterocycles. The highest BCUT2D eigenvalue weighted by atomic mass is 35.5. The van der Waals surface area contributed by atoms with Crippen molar-refractivity contribution in [3.05, 3.63) is 70.4 Å². The van der Waals surface area contributed by atoms with Crippen LogP contribution in [0.15, 0.2) is 54.2 Å². The lowest BCUT2D eigenvalue weighted by molar-refractivity contribution is -0.121. The normalized spacial score (nSPS) is 11.3. The predicted molar refractivity (Wildman–Crippen MR) is 115 cm³/mol. The number of ether oxygens (including phenoxy) is 1. The molecule has 0 radical (unpaired) electrons. The molecule has 2 aromatic rings. The second-order valence-corrected chi connectivity index (χ2v) is 6.56. The van der Waals surface area contributed by atoms with E-state index in [1.807, 2.05) is 6.92 Å². The van der Waals surface area contributed by atoms with Gasteiger partial charge in [-0.3, -0.25) is 9.59 Å². The number of benzene rings is 2. The molecule has 7 heteroatoms. The Hall–Kier alpha value is -3.25. The van der Waals surface area contributed by atoms with Gasteiger partial charge in [-0.2, -0.15) is 0 Å². The van der Waals surface area contributed by atoms with Crippen LogP contribution in [-0.4, -0.2) is 30.6 Å². The third-order valence-electron chi connectivity index (χ3n) is 3.85. The van der Waals surface area contributed by atoms with E-state index in [1.165, 1.54) is 25.3 Å². The quantitative estimate of drug-likeness (QED) is 0.574. The van der Waals surface area contributed by atoms with Crippen molar-refractivity contribution in [2.75, 3.05) is 13.7 Å². The average molecular weight is 415 g/mol. The first-order valence-corrected chi connectivity index (χ1v) is 9.42.